The van der Waals surface area contributed by atoms with Crippen LogP contribution in [0.25, 0.3) is 0 Å². The maximum absolute atomic E-state index is 5.78. The summed E-state index contributed by atoms with van der Waals surface area (Å²) in [5, 5.41) is 3.42. The average Bonchev–Trinajstić information content (AvgIpc) is 2.45. The van der Waals surface area contributed by atoms with Gasteiger partial charge in [-0.15, -0.1) is 0 Å². The molecule has 19 heavy (non-hydrogen) atoms. The molecule has 4 heteroatoms. The molecule has 0 atom stereocenters. The van der Waals surface area contributed by atoms with Gasteiger partial charge in [0.2, 0.25) is 0 Å². The minimum atomic E-state index is 0.645. The zero-order valence-corrected chi connectivity index (χ0v) is 12.9. The molecule has 1 saturated heterocycles. The van der Waals surface area contributed by atoms with Crippen molar-refractivity contribution in [1.82, 2.24) is 5.32 Å². The van der Waals surface area contributed by atoms with E-state index in [1.54, 1.807) is 0 Å². The fourth-order valence-electron chi connectivity index (χ4n) is 2.98. The molecule has 1 aromatic rings. The SMILES string of the molecule is Cc1c(CC2CCNCC2)c(Br)cc2c1OCCO2. The summed E-state index contributed by atoms with van der Waals surface area (Å²) >= 11 is 3.70. The van der Waals surface area contributed by atoms with Gasteiger partial charge in [-0.3, -0.25) is 0 Å². The maximum atomic E-state index is 5.78. The van der Waals surface area contributed by atoms with Gasteiger partial charge in [-0.05, 0) is 62.4 Å². The summed E-state index contributed by atoms with van der Waals surface area (Å²) < 4.78 is 12.6. The second-order valence-corrected chi connectivity index (χ2v) is 6.24. The summed E-state index contributed by atoms with van der Waals surface area (Å²) in [6.07, 6.45) is 3.66. The minimum absolute atomic E-state index is 0.645. The lowest BCUT2D eigenvalue weighted by molar-refractivity contribution is 0.170. The summed E-state index contributed by atoms with van der Waals surface area (Å²) in [7, 11) is 0. The summed E-state index contributed by atoms with van der Waals surface area (Å²) in [4.78, 5) is 0. The normalized spacial score (nSPS) is 19.5. The van der Waals surface area contributed by atoms with Crippen LogP contribution in [0, 0.1) is 12.8 Å². The molecule has 2 aliphatic rings. The van der Waals surface area contributed by atoms with Crippen LogP contribution in [0.2, 0.25) is 0 Å². The van der Waals surface area contributed by atoms with Gasteiger partial charge in [0, 0.05) is 4.47 Å². The van der Waals surface area contributed by atoms with E-state index in [1.807, 2.05) is 0 Å². The van der Waals surface area contributed by atoms with Crippen LogP contribution in [0.1, 0.15) is 24.0 Å². The Bertz CT molecular complexity index is 470. The highest BCUT2D eigenvalue weighted by Gasteiger charge is 2.22. The molecular weight excluding hydrogens is 306 g/mol. The molecular formula is C15H20BrNO2. The maximum Gasteiger partial charge on any atom is 0.164 e. The summed E-state index contributed by atoms with van der Waals surface area (Å²) in [5.74, 6) is 2.60. The third-order valence-corrected chi connectivity index (χ3v) is 4.81. The number of hydrogen-bond acceptors (Lipinski definition) is 3. The first-order valence-electron chi connectivity index (χ1n) is 7.04. The van der Waals surface area contributed by atoms with Gasteiger partial charge in [0.15, 0.2) is 11.5 Å². The van der Waals surface area contributed by atoms with Crippen LogP contribution in [-0.2, 0) is 6.42 Å². The Morgan fingerprint density at radius 3 is 2.79 bits per heavy atom. The number of rotatable bonds is 2. The van der Waals surface area contributed by atoms with Gasteiger partial charge in [-0.2, -0.15) is 0 Å². The zero-order valence-electron chi connectivity index (χ0n) is 11.3. The van der Waals surface area contributed by atoms with Crippen molar-refractivity contribution in [1.29, 1.82) is 0 Å². The first-order chi connectivity index (χ1) is 9.25. The topological polar surface area (TPSA) is 30.5 Å². The number of nitrogens with one attached hydrogen (secondary N) is 1. The fraction of sp³-hybridized carbons (Fsp3) is 0.600. The summed E-state index contributed by atoms with van der Waals surface area (Å²) in [6.45, 7) is 5.74. The van der Waals surface area contributed by atoms with Crippen molar-refractivity contribution in [2.24, 2.45) is 5.92 Å². The largest absolute Gasteiger partial charge is 0.486 e. The van der Waals surface area contributed by atoms with Crippen molar-refractivity contribution in [3.63, 3.8) is 0 Å². The molecule has 2 heterocycles. The van der Waals surface area contributed by atoms with Crippen molar-refractivity contribution in [3.05, 3.63) is 21.7 Å². The molecule has 3 nitrogen and oxygen atoms in total. The van der Waals surface area contributed by atoms with Gasteiger partial charge in [0.1, 0.15) is 13.2 Å². The van der Waals surface area contributed by atoms with Crippen molar-refractivity contribution < 1.29 is 9.47 Å². The molecule has 0 radical (unpaired) electrons. The molecule has 2 aliphatic heterocycles. The smallest absolute Gasteiger partial charge is 0.164 e. The molecule has 1 aromatic carbocycles. The third-order valence-electron chi connectivity index (χ3n) is 4.10. The number of benzene rings is 1. The molecule has 1 fully saturated rings. The summed E-state index contributed by atoms with van der Waals surface area (Å²) in [6, 6.07) is 2.07. The van der Waals surface area contributed by atoms with Crippen LogP contribution in [0.5, 0.6) is 11.5 Å². The van der Waals surface area contributed by atoms with Crippen LogP contribution in [0.4, 0.5) is 0 Å². The van der Waals surface area contributed by atoms with E-state index in [-0.39, 0.29) is 0 Å². The Hall–Kier alpha value is -0.740. The van der Waals surface area contributed by atoms with E-state index in [0.29, 0.717) is 13.2 Å². The van der Waals surface area contributed by atoms with E-state index in [9.17, 15) is 0 Å². The van der Waals surface area contributed by atoms with Gasteiger partial charge >= 0.3 is 0 Å². The lowest BCUT2D eigenvalue weighted by Gasteiger charge is -2.26. The van der Waals surface area contributed by atoms with Crippen LogP contribution >= 0.6 is 15.9 Å². The van der Waals surface area contributed by atoms with Crippen molar-refractivity contribution in [2.45, 2.75) is 26.2 Å². The Labute approximate surface area is 122 Å². The molecule has 0 spiro atoms. The van der Waals surface area contributed by atoms with Gasteiger partial charge in [0.25, 0.3) is 0 Å². The molecule has 1 N–H and O–H groups in total. The Morgan fingerprint density at radius 1 is 1.26 bits per heavy atom. The Kier molecular flexibility index (Phi) is 3.99. The average molecular weight is 326 g/mol. The standard InChI is InChI=1S/C15H20BrNO2/c1-10-12(8-11-2-4-17-5-3-11)13(16)9-14-15(10)19-7-6-18-14/h9,11,17H,2-8H2,1H3. The molecule has 3 rings (SSSR count). The molecule has 0 aromatic heterocycles. The molecule has 0 bridgehead atoms. The number of piperidine rings is 1. The number of halogens is 1. The minimum Gasteiger partial charge on any atom is -0.486 e. The summed E-state index contributed by atoms with van der Waals surface area (Å²) in [5.41, 5.74) is 2.62. The van der Waals surface area contributed by atoms with Crippen molar-refractivity contribution >= 4 is 15.9 Å². The third kappa shape index (κ3) is 2.75. The highest BCUT2D eigenvalue weighted by molar-refractivity contribution is 9.10. The van der Waals surface area contributed by atoms with E-state index >= 15 is 0 Å². The first kappa shape index (κ1) is 13.3. The Morgan fingerprint density at radius 2 is 2.00 bits per heavy atom. The molecule has 0 aliphatic carbocycles. The van der Waals surface area contributed by atoms with Crippen LogP contribution in [-0.4, -0.2) is 26.3 Å². The van der Waals surface area contributed by atoms with Crippen molar-refractivity contribution in [2.75, 3.05) is 26.3 Å². The van der Waals surface area contributed by atoms with Gasteiger partial charge in [-0.25, -0.2) is 0 Å². The quantitative estimate of drug-likeness (QED) is 0.906. The van der Waals surface area contributed by atoms with Crippen LogP contribution < -0.4 is 14.8 Å². The molecule has 0 unspecified atom stereocenters. The Balaban J connectivity index is 1.87. The highest BCUT2D eigenvalue weighted by Crippen LogP contribution is 2.41. The predicted molar refractivity (Wildman–Crippen MR) is 79.2 cm³/mol. The van der Waals surface area contributed by atoms with E-state index in [0.717, 1.165) is 41.4 Å². The van der Waals surface area contributed by atoms with Gasteiger partial charge < -0.3 is 14.8 Å². The van der Waals surface area contributed by atoms with Crippen LogP contribution in [0.15, 0.2) is 10.5 Å². The van der Waals surface area contributed by atoms with E-state index in [2.05, 4.69) is 34.2 Å². The second-order valence-electron chi connectivity index (χ2n) is 5.38. The van der Waals surface area contributed by atoms with Crippen molar-refractivity contribution in [3.8, 4) is 11.5 Å². The number of hydrogen-bond donors (Lipinski definition) is 1. The second kappa shape index (κ2) is 5.71. The molecule has 0 amide bonds. The van der Waals surface area contributed by atoms with E-state index < -0.39 is 0 Å². The van der Waals surface area contributed by atoms with E-state index in [1.165, 1.54) is 24.0 Å². The molecule has 104 valence electrons. The number of fused-ring (bicyclic) bond motifs is 1. The first-order valence-corrected chi connectivity index (χ1v) is 7.83. The van der Waals surface area contributed by atoms with Gasteiger partial charge in [0.05, 0.1) is 0 Å². The lowest BCUT2D eigenvalue weighted by Crippen LogP contribution is -2.29. The van der Waals surface area contributed by atoms with Crippen LogP contribution in [0.3, 0.4) is 0 Å². The fourth-order valence-corrected chi connectivity index (χ4v) is 3.64. The van der Waals surface area contributed by atoms with E-state index in [4.69, 9.17) is 9.47 Å². The predicted octanol–water partition coefficient (Wildman–Crippen LogP) is 3.07. The highest BCUT2D eigenvalue weighted by atomic mass is 79.9. The monoisotopic (exact) mass is 325 g/mol. The zero-order chi connectivity index (χ0) is 13.2. The molecule has 0 saturated carbocycles. The lowest BCUT2D eigenvalue weighted by atomic mass is 9.89. The number of ether oxygens (including phenoxy) is 2. The van der Waals surface area contributed by atoms with Gasteiger partial charge in [-0.1, -0.05) is 15.9 Å².